The van der Waals surface area contributed by atoms with Gasteiger partial charge in [0.2, 0.25) is 17.7 Å². The molecule has 1 aliphatic heterocycles. The first-order valence-corrected chi connectivity index (χ1v) is 29.0. The second kappa shape index (κ2) is 35.9. The van der Waals surface area contributed by atoms with Crippen molar-refractivity contribution in [2.75, 3.05) is 47.2 Å². The van der Waals surface area contributed by atoms with Crippen LogP contribution in [0.4, 0.5) is 0 Å². The molecule has 1 fully saturated rings. The first kappa shape index (κ1) is 68.5. The number of phenols is 1. The van der Waals surface area contributed by atoms with E-state index in [9.17, 15) is 48.6 Å². The molecule has 4 amide bonds. The molecule has 0 spiro atoms. The molecule has 3 rings (SSSR count). The van der Waals surface area contributed by atoms with Gasteiger partial charge < -0.3 is 59.5 Å². The van der Waals surface area contributed by atoms with E-state index in [-0.39, 0.29) is 105 Å². The van der Waals surface area contributed by atoms with Crippen LogP contribution in [0, 0.1) is 17.8 Å². The van der Waals surface area contributed by atoms with Crippen LogP contribution >= 0.6 is 11.3 Å². The van der Waals surface area contributed by atoms with E-state index < -0.39 is 97.1 Å². The monoisotopic (exact) mass is 1150 g/mol. The molecule has 2 heterocycles. The molecule has 0 radical (unpaired) electrons. The van der Waals surface area contributed by atoms with Crippen molar-refractivity contribution in [2.24, 2.45) is 17.8 Å². The fraction of sp³-hybridized carbons (Fsp3) is 0.702. The highest BCUT2D eigenvalue weighted by Gasteiger charge is 2.40. The van der Waals surface area contributed by atoms with Crippen LogP contribution in [0.5, 0.6) is 5.75 Å². The molecular formula is C57H90N6O16S. The molecule has 1 aromatic heterocycles. The van der Waals surface area contributed by atoms with E-state index >= 15 is 0 Å². The lowest BCUT2D eigenvalue weighted by atomic mass is 9.92. The zero-order chi connectivity index (χ0) is 59.5. The molecule has 22 nitrogen and oxygen atoms in total. The SMILES string of the molecule is CCCC(=O)OCN(C(=O)[C@@H](NC(=O)[C@H]1CCCCN1C)[C@@H](C)CC)[C@H](C[C@@H](OC(C)=O)c1nc(C(=O)N[C@@H](Cc2ccc(O)cc2)C[C@H](C)C(=O)OC(C)CNC(=O)CCCC(=O)OCC(OC)OC(CC)CO)cs1)C(C)C. The van der Waals surface area contributed by atoms with Gasteiger partial charge in [-0.1, -0.05) is 73.4 Å². The van der Waals surface area contributed by atoms with Crippen LogP contribution in [0.1, 0.15) is 167 Å². The predicted octanol–water partition coefficient (Wildman–Crippen LogP) is 5.90. The average Bonchev–Trinajstić information content (AvgIpc) is 3.92. The summed E-state index contributed by atoms with van der Waals surface area (Å²) in [4.78, 5) is 115. The number of aromatic hydroxyl groups is 1. The zero-order valence-electron chi connectivity index (χ0n) is 48.8. The number of phenolic OH excluding ortho intramolecular Hbond substituents is 1. The minimum atomic E-state index is -1.06. The van der Waals surface area contributed by atoms with Crippen molar-refractivity contribution in [1.29, 1.82) is 0 Å². The van der Waals surface area contributed by atoms with Crippen LogP contribution in [0.15, 0.2) is 29.6 Å². The molecule has 80 heavy (non-hydrogen) atoms. The van der Waals surface area contributed by atoms with Crippen molar-refractivity contribution in [2.45, 2.75) is 195 Å². The molecule has 3 unspecified atom stereocenters. The quantitative estimate of drug-likeness (QED) is 0.0301. The van der Waals surface area contributed by atoms with Gasteiger partial charge >= 0.3 is 23.9 Å². The highest BCUT2D eigenvalue weighted by atomic mass is 32.1. The number of likely N-dealkylation sites (tertiary alicyclic amines) is 1. The van der Waals surface area contributed by atoms with E-state index in [1.54, 1.807) is 26.0 Å². The number of aromatic nitrogens is 1. The number of nitrogens with zero attached hydrogens (tertiary/aromatic N) is 3. The average molecular weight is 1150 g/mol. The first-order valence-electron chi connectivity index (χ1n) is 28.1. The number of methoxy groups -OCH3 is 1. The lowest BCUT2D eigenvalue weighted by Gasteiger charge is -2.39. The second-order valence-corrected chi connectivity index (χ2v) is 22.0. The number of esters is 4. The maximum absolute atomic E-state index is 14.9. The summed E-state index contributed by atoms with van der Waals surface area (Å²) in [5.74, 6) is -5.24. The van der Waals surface area contributed by atoms with Gasteiger partial charge in [-0.15, -0.1) is 11.3 Å². The Labute approximate surface area is 476 Å². The standard InChI is InChI=1S/C57H90N6O16S/c1-12-18-49(68)76-34-63(56(72)52(36(6)13-2)61-54(71)45-19-15-16-26-62(45)10)46(35(4)5)29-47(78-39(9)65)55-60-44(33-80-55)53(70)59-41(28-40-22-24-42(66)25-23-40)27-37(7)57(73)77-38(8)30-58-48(67)20-17-21-50(69)75-32-51(74-11)79-43(14-3)31-64/h22-25,33,35-38,41,43,45-47,51-52,64,66H,12-21,26-32,34H2,1-11H3,(H,58,67)(H,59,70)(H,61,71)/t36-,37-,38?,41+,43?,45+,46+,47+,51?,52-/m0/s1. The van der Waals surface area contributed by atoms with Gasteiger partial charge in [0, 0.05) is 57.2 Å². The molecule has 10 atom stereocenters. The van der Waals surface area contributed by atoms with Crippen molar-refractivity contribution >= 4 is 58.8 Å². The lowest BCUT2D eigenvalue weighted by Crippen LogP contribution is -2.59. The molecule has 1 aromatic carbocycles. The smallest absolute Gasteiger partial charge is 0.309 e. The van der Waals surface area contributed by atoms with E-state index in [1.165, 1.54) is 36.4 Å². The number of hydrogen-bond donors (Lipinski definition) is 5. The number of piperidine rings is 1. The highest BCUT2D eigenvalue weighted by molar-refractivity contribution is 7.09. The first-order chi connectivity index (χ1) is 38.0. The number of likely N-dealkylation sites (N-methyl/N-ethyl adjacent to an activating group) is 1. The number of benzene rings is 1. The van der Waals surface area contributed by atoms with Crippen LogP contribution in [0.3, 0.4) is 0 Å². The number of nitrogens with one attached hydrogen (secondary N) is 3. The fourth-order valence-corrected chi connectivity index (χ4v) is 9.88. The molecule has 2 aromatic rings. The number of aliphatic hydroxyl groups excluding tert-OH is 1. The van der Waals surface area contributed by atoms with Gasteiger partial charge in [0.25, 0.3) is 5.91 Å². The van der Waals surface area contributed by atoms with E-state index in [0.717, 1.165) is 36.3 Å². The van der Waals surface area contributed by atoms with Gasteiger partial charge in [-0.2, -0.15) is 0 Å². The van der Waals surface area contributed by atoms with Crippen LogP contribution in [-0.2, 0) is 68.4 Å². The van der Waals surface area contributed by atoms with Crippen LogP contribution < -0.4 is 16.0 Å². The lowest BCUT2D eigenvalue weighted by molar-refractivity contribution is -0.194. The topological polar surface area (TPSA) is 288 Å². The van der Waals surface area contributed by atoms with E-state index in [4.69, 9.17) is 28.4 Å². The number of hydrogen-bond acceptors (Lipinski definition) is 19. The van der Waals surface area contributed by atoms with Crippen molar-refractivity contribution in [3.8, 4) is 5.75 Å². The van der Waals surface area contributed by atoms with Crippen molar-refractivity contribution in [3.05, 3.63) is 45.9 Å². The molecule has 0 aliphatic carbocycles. The molecule has 5 N–H and O–H groups in total. The number of rotatable bonds is 36. The third-order valence-electron chi connectivity index (χ3n) is 14.0. The number of ether oxygens (including phenoxy) is 6. The van der Waals surface area contributed by atoms with Crippen molar-refractivity contribution in [3.63, 3.8) is 0 Å². The van der Waals surface area contributed by atoms with Gasteiger partial charge in [-0.3, -0.25) is 43.3 Å². The Morgan fingerprint density at radius 2 is 1.59 bits per heavy atom. The zero-order valence-corrected chi connectivity index (χ0v) is 49.6. The number of amides is 4. The maximum Gasteiger partial charge on any atom is 0.309 e. The second-order valence-electron chi connectivity index (χ2n) is 21.1. The number of thiazole rings is 1. The van der Waals surface area contributed by atoms with Gasteiger partial charge in [-0.05, 0) is 95.0 Å². The van der Waals surface area contributed by atoms with Gasteiger partial charge in [0.15, 0.2) is 19.1 Å². The number of carbonyl (C=O) groups excluding carboxylic acids is 8. The molecule has 450 valence electrons. The van der Waals surface area contributed by atoms with Crippen molar-refractivity contribution in [1.82, 2.24) is 30.7 Å². The normalized spacial score (nSPS) is 17.0. The highest BCUT2D eigenvalue weighted by Crippen LogP contribution is 2.32. The Morgan fingerprint density at radius 3 is 2.20 bits per heavy atom. The third-order valence-corrected chi connectivity index (χ3v) is 15.0. The Balaban J connectivity index is 1.76. The summed E-state index contributed by atoms with van der Waals surface area (Å²) in [6.07, 6.45) is 1.69. The number of carbonyl (C=O) groups is 8. The van der Waals surface area contributed by atoms with Crippen LogP contribution in [-0.4, -0.2) is 162 Å². The maximum atomic E-state index is 14.9. The molecule has 0 saturated carbocycles. The van der Waals surface area contributed by atoms with Gasteiger partial charge in [-0.25, -0.2) is 4.98 Å². The van der Waals surface area contributed by atoms with E-state index in [1.807, 2.05) is 53.5 Å². The Bertz CT molecular complexity index is 2260. The summed E-state index contributed by atoms with van der Waals surface area (Å²) >= 11 is 1.08. The largest absolute Gasteiger partial charge is 0.508 e. The van der Waals surface area contributed by atoms with E-state index in [2.05, 4.69) is 20.9 Å². The Kier molecular flexibility index (Phi) is 30.7. The minimum absolute atomic E-state index is 0.0000670. The summed E-state index contributed by atoms with van der Waals surface area (Å²) in [7, 11) is 3.29. The molecule has 0 bridgehead atoms. The Morgan fingerprint density at radius 1 is 0.887 bits per heavy atom. The predicted molar refractivity (Wildman–Crippen MR) is 297 cm³/mol. The molecule has 1 aliphatic rings. The van der Waals surface area contributed by atoms with Crippen LogP contribution in [0.25, 0.3) is 0 Å². The summed E-state index contributed by atoms with van der Waals surface area (Å²) in [5.41, 5.74) is 0.747. The summed E-state index contributed by atoms with van der Waals surface area (Å²) in [5, 5.41) is 29.9. The molecule has 23 heteroatoms. The minimum Gasteiger partial charge on any atom is -0.508 e. The van der Waals surface area contributed by atoms with Gasteiger partial charge in [0.1, 0.15) is 35.2 Å². The van der Waals surface area contributed by atoms with Crippen LogP contribution in [0.2, 0.25) is 0 Å². The summed E-state index contributed by atoms with van der Waals surface area (Å²) in [6, 6.07) is 3.65. The van der Waals surface area contributed by atoms with Crippen molar-refractivity contribution < 1.29 is 77.0 Å². The molecular weight excluding hydrogens is 1060 g/mol. The fourth-order valence-electron chi connectivity index (χ4n) is 9.04. The van der Waals surface area contributed by atoms with E-state index in [0.29, 0.717) is 25.7 Å². The number of aliphatic hydroxyl groups is 1. The third kappa shape index (κ3) is 23.8. The summed E-state index contributed by atoms with van der Waals surface area (Å²) in [6.45, 7) is 15.7. The summed E-state index contributed by atoms with van der Waals surface area (Å²) < 4.78 is 33.2. The Hall–Kier alpha value is -5.75. The van der Waals surface area contributed by atoms with Gasteiger partial charge in [0.05, 0.1) is 31.2 Å². The molecule has 1 saturated heterocycles.